The van der Waals surface area contributed by atoms with E-state index in [4.69, 9.17) is 9.47 Å². The van der Waals surface area contributed by atoms with Crippen molar-refractivity contribution in [3.63, 3.8) is 0 Å². The smallest absolute Gasteiger partial charge is 0.550 e. The summed E-state index contributed by atoms with van der Waals surface area (Å²) in [5.41, 5.74) is 0. The van der Waals surface area contributed by atoms with Gasteiger partial charge in [0.15, 0.2) is 9.49 Å². The molecule has 0 rings (SSSR count). The van der Waals surface area contributed by atoms with Crippen LogP contribution in [0.3, 0.4) is 0 Å². The van der Waals surface area contributed by atoms with E-state index in [1.54, 1.807) is 0 Å². The second-order valence-corrected chi connectivity index (χ2v) is 19.8. The van der Waals surface area contributed by atoms with Gasteiger partial charge in [-0.25, -0.2) is 0 Å². The Morgan fingerprint density at radius 1 is 0.403 bits per heavy atom. The molecular formula is C44H82Na2O14S2. The van der Waals surface area contributed by atoms with Crippen LogP contribution in [0.15, 0.2) is 0 Å². The minimum absolute atomic E-state index is 0. The number of carbonyl (C=O) groups excluding carboxylic acids is 4. The van der Waals surface area contributed by atoms with Crippen LogP contribution < -0.4 is 69.3 Å². The number of unbranched alkanes of at least 4 members (excludes halogenated alkanes) is 24. The molecule has 0 aromatic heterocycles. The molecule has 2 atom stereocenters. The van der Waals surface area contributed by atoms with Crippen molar-refractivity contribution in [2.45, 2.75) is 243 Å². The van der Waals surface area contributed by atoms with Crippen molar-refractivity contribution in [3.8, 4) is 0 Å². The average Bonchev–Trinajstić information content (AvgIpc) is 3.17. The molecule has 2 unspecified atom stereocenters. The molecular weight excluding hydrogens is 863 g/mol. The molecule has 0 aromatic rings. The van der Waals surface area contributed by atoms with Gasteiger partial charge in [0, 0.05) is 24.8 Å². The zero-order valence-electron chi connectivity index (χ0n) is 39.7. The fraction of sp³-hybridized carbons (Fsp3) is 0.909. The van der Waals surface area contributed by atoms with Gasteiger partial charge < -0.3 is 29.3 Å². The summed E-state index contributed by atoms with van der Waals surface area (Å²) in [4.78, 5) is 47.5. The molecule has 356 valence electrons. The van der Waals surface area contributed by atoms with Crippen molar-refractivity contribution < 1.29 is 124 Å². The fourth-order valence-corrected chi connectivity index (χ4v) is 9.03. The Balaban J connectivity index is -0.000000526. The maximum Gasteiger partial charge on any atom is 1.00 e. The Labute approximate surface area is 420 Å². The van der Waals surface area contributed by atoms with Crippen LogP contribution in [0.1, 0.15) is 233 Å². The van der Waals surface area contributed by atoms with Gasteiger partial charge in [-0.05, 0) is 25.7 Å². The van der Waals surface area contributed by atoms with Crippen molar-refractivity contribution in [2.75, 3.05) is 13.2 Å². The second kappa shape index (κ2) is 42.1. The predicted molar refractivity (Wildman–Crippen MR) is 231 cm³/mol. The average molecular weight is 945 g/mol. The number of esters is 2. The van der Waals surface area contributed by atoms with Crippen LogP contribution in [0.5, 0.6) is 0 Å². The van der Waals surface area contributed by atoms with Gasteiger partial charge in [-0.15, -0.1) is 0 Å². The van der Waals surface area contributed by atoms with E-state index < -0.39 is 66.4 Å². The van der Waals surface area contributed by atoms with Crippen LogP contribution in [0.2, 0.25) is 0 Å². The summed E-state index contributed by atoms with van der Waals surface area (Å²) in [5.74, 6) is -5.79. The maximum absolute atomic E-state index is 12.6. The van der Waals surface area contributed by atoms with E-state index in [2.05, 4.69) is 27.7 Å². The molecule has 0 fully saturated rings. The van der Waals surface area contributed by atoms with Gasteiger partial charge in [-0.2, -0.15) is 16.8 Å². The Kier molecular flexibility index (Phi) is 46.3. The van der Waals surface area contributed by atoms with Crippen LogP contribution in [0.25, 0.3) is 0 Å². The second-order valence-electron chi connectivity index (χ2n) is 16.3. The number of rotatable bonds is 40. The van der Waals surface area contributed by atoms with E-state index in [1.165, 1.54) is 12.8 Å². The minimum atomic E-state index is -4.98. The monoisotopic (exact) mass is 944 g/mol. The zero-order chi connectivity index (χ0) is 45.8. The first-order valence-electron chi connectivity index (χ1n) is 23.1. The van der Waals surface area contributed by atoms with E-state index in [1.807, 2.05) is 0 Å². The fourth-order valence-electron chi connectivity index (χ4n) is 7.09. The predicted octanol–water partition coefficient (Wildman–Crippen LogP) is 2.38. The normalized spacial score (nSPS) is 13.3. The molecule has 0 heterocycles. The van der Waals surface area contributed by atoms with Crippen LogP contribution in [0.4, 0.5) is 0 Å². The quantitative estimate of drug-likeness (QED) is 0.0388. The van der Waals surface area contributed by atoms with Crippen LogP contribution in [-0.2, 0) is 48.9 Å². The summed E-state index contributed by atoms with van der Waals surface area (Å²) in [7, 11) is -9.95. The van der Waals surface area contributed by atoms with Crippen LogP contribution in [-0.4, -0.2) is 72.5 Å². The number of carboxylic acid groups (broad SMARTS) is 2. The summed E-state index contributed by atoms with van der Waals surface area (Å²) in [6, 6.07) is 0. The van der Waals surface area contributed by atoms with E-state index in [0.717, 1.165) is 128 Å². The summed E-state index contributed by atoms with van der Waals surface area (Å²) in [6.07, 6.45) is 23.5. The molecule has 2 N–H and O–H groups in total. The summed E-state index contributed by atoms with van der Waals surface area (Å²) in [6.45, 7) is 8.51. The Morgan fingerprint density at radius 3 is 0.823 bits per heavy atom. The molecule has 14 nitrogen and oxygen atoms in total. The van der Waals surface area contributed by atoms with Gasteiger partial charge in [0.2, 0.25) is 0 Å². The summed E-state index contributed by atoms with van der Waals surface area (Å²) < 4.78 is 72.8. The van der Waals surface area contributed by atoms with Crippen molar-refractivity contribution in [1.29, 1.82) is 0 Å². The molecule has 0 spiro atoms. The first-order valence-corrected chi connectivity index (χ1v) is 26.0. The van der Waals surface area contributed by atoms with E-state index in [0.29, 0.717) is 38.5 Å². The largest absolute Gasteiger partial charge is 1.00 e. The van der Waals surface area contributed by atoms with Crippen molar-refractivity contribution in [1.82, 2.24) is 0 Å². The standard InChI is InChI=1S/2C22H42O7S.2Na/c2*1-3-5-7-9-11-12-13-15-17-22(19-20(23)24,30(26,27)28)21(25)29-18-16-14-10-8-6-4-2;;/h2*3-19H2,1-2H3,(H,23,24)(H,26,27,28);;/q;;2*+1/p-2. The number of carboxylic acids is 2. The zero-order valence-corrected chi connectivity index (χ0v) is 45.3. The molecule has 62 heavy (non-hydrogen) atoms. The molecule has 0 radical (unpaired) electrons. The van der Waals surface area contributed by atoms with Gasteiger partial charge >= 0.3 is 71.1 Å². The first kappa shape index (κ1) is 68.3. The molecule has 0 aliphatic heterocycles. The molecule has 0 amide bonds. The maximum atomic E-state index is 12.6. The SMILES string of the molecule is CCCCCCCCCCC(CC(=O)[O-])(C(=O)OCCCCCCCC)S(=O)(=O)O.CCCCCCCCCCC(CC(=O)[O-])(C(=O)OCCCCCCCC)S(=O)(=O)O.[Na+].[Na+]. The van der Waals surface area contributed by atoms with E-state index in [-0.39, 0.29) is 85.2 Å². The molecule has 0 aromatic carbocycles. The Hall–Kier alpha value is -0.300. The molecule has 0 bridgehead atoms. The summed E-state index contributed by atoms with van der Waals surface area (Å²) >= 11 is 0. The topological polar surface area (TPSA) is 242 Å². The first-order chi connectivity index (χ1) is 28.4. The Bertz CT molecular complexity index is 1260. The third-order valence-electron chi connectivity index (χ3n) is 10.9. The van der Waals surface area contributed by atoms with Gasteiger partial charge in [-0.3, -0.25) is 18.7 Å². The number of hydrogen-bond acceptors (Lipinski definition) is 12. The number of carbonyl (C=O) groups is 4. The van der Waals surface area contributed by atoms with Crippen molar-refractivity contribution in [3.05, 3.63) is 0 Å². The minimum Gasteiger partial charge on any atom is -0.550 e. The van der Waals surface area contributed by atoms with Gasteiger partial charge in [0.05, 0.1) is 13.2 Å². The van der Waals surface area contributed by atoms with Crippen LogP contribution >= 0.6 is 0 Å². The number of aliphatic carboxylic acids is 2. The van der Waals surface area contributed by atoms with Crippen molar-refractivity contribution in [2.24, 2.45) is 0 Å². The molecule has 18 heteroatoms. The summed E-state index contributed by atoms with van der Waals surface area (Å²) in [5, 5.41) is 22.4. The van der Waals surface area contributed by atoms with Crippen molar-refractivity contribution >= 4 is 44.1 Å². The van der Waals surface area contributed by atoms with Gasteiger partial charge in [0.1, 0.15) is 0 Å². The van der Waals surface area contributed by atoms with Gasteiger partial charge in [0.25, 0.3) is 20.2 Å². The van der Waals surface area contributed by atoms with E-state index in [9.17, 15) is 55.3 Å². The van der Waals surface area contributed by atoms with Gasteiger partial charge in [-0.1, -0.05) is 195 Å². The number of ether oxygens (including phenoxy) is 2. The molecule has 0 aliphatic carbocycles. The Morgan fingerprint density at radius 2 is 0.613 bits per heavy atom. The molecule has 0 saturated carbocycles. The number of hydrogen-bond donors (Lipinski definition) is 2. The third-order valence-corrected chi connectivity index (χ3v) is 13.9. The van der Waals surface area contributed by atoms with E-state index >= 15 is 0 Å². The molecule has 0 aliphatic rings. The van der Waals surface area contributed by atoms with Crippen LogP contribution in [0, 0.1) is 0 Å². The third kappa shape index (κ3) is 32.4. The molecule has 0 saturated heterocycles.